The van der Waals surface area contributed by atoms with Gasteiger partial charge in [0.15, 0.2) is 0 Å². The summed E-state index contributed by atoms with van der Waals surface area (Å²) in [4.78, 5) is 32.6. The molecule has 6 rings (SSSR count). The molecule has 0 saturated heterocycles. The molecule has 2 saturated carbocycles. The van der Waals surface area contributed by atoms with Gasteiger partial charge in [-0.25, -0.2) is 12.6 Å². The quantitative estimate of drug-likeness (QED) is 0.166. The van der Waals surface area contributed by atoms with Crippen LogP contribution in [-0.2, 0) is 33.5 Å². The molecule has 278 valence electrons. The lowest BCUT2D eigenvalue weighted by molar-refractivity contribution is 0.589. The molecular weight excluding hydrogens is 705 g/mol. The summed E-state index contributed by atoms with van der Waals surface area (Å²) in [5.41, 5.74) is 5.91. The number of aromatic nitrogens is 2. The van der Waals surface area contributed by atoms with Crippen molar-refractivity contribution in [2.45, 2.75) is 125 Å². The lowest BCUT2D eigenvalue weighted by Crippen LogP contribution is -2.24. The van der Waals surface area contributed by atoms with E-state index in [-0.39, 0.29) is 32.7 Å². The van der Waals surface area contributed by atoms with Crippen LogP contribution in [0.3, 0.4) is 0 Å². The third kappa shape index (κ3) is 8.80. The van der Waals surface area contributed by atoms with E-state index in [1.165, 1.54) is 18.9 Å². The molecule has 1 unspecified atom stereocenters. The third-order valence-electron chi connectivity index (χ3n) is 9.91. The van der Waals surface area contributed by atoms with Gasteiger partial charge in [-0.3, -0.25) is 9.59 Å². The van der Waals surface area contributed by atoms with Crippen LogP contribution in [0.5, 0.6) is 0 Å². The van der Waals surface area contributed by atoms with Crippen LogP contribution in [0.15, 0.2) is 65.6 Å². The Morgan fingerprint density at radius 1 is 0.717 bits per heavy atom. The van der Waals surface area contributed by atoms with Gasteiger partial charge in [0.1, 0.15) is 0 Å². The number of pyridine rings is 2. The second-order valence-electron chi connectivity index (χ2n) is 15.3. The molecule has 0 aliphatic heterocycles. The molecule has 2 N–H and O–H groups in total. The number of nitriles is 2. The summed E-state index contributed by atoms with van der Waals surface area (Å²) in [5, 5.41) is 18.5. The number of H-pyrrole nitrogens is 2. The maximum Gasteiger partial charge on any atom is 0.252 e. The summed E-state index contributed by atoms with van der Waals surface area (Å²) in [5.74, 6) is 0.812. The predicted octanol–water partition coefficient (Wildman–Crippen LogP) is 7.88. The molecule has 0 bridgehead atoms. The second-order valence-corrected chi connectivity index (χ2v) is 18.6. The standard InChI is InChI=1S/C21H24N2O3S.C21H24N2O2S/c1-12(2)19-20(18(10-15-5-6-15)14(4)23-21(19)24)27(25,26)17-8-13(3)7-16(9-17)11-22;1-12(2)19-20(18(10-15-5-6-15)14(4)23-21(19)24)26(25)17-8-13(3)7-16(9-17)11-22/h7-9,12,15H,5-6,10H2,1-4H3,(H,23,24);7-9,12,15H,5-6,10H2,1-4H3,(H,23,24). The molecule has 2 aromatic heterocycles. The van der Waals surface area contributed by atoms with E-state index in [2.05, 4.69) is 16.0 Å². The fraction of sp³-hybridized carbons (Fsp3) is 0.429. The maximum atomic E-state index is 13.6. The average Bonchev–Trinajstić information content (AvgIpc) is 4.03. The average molecular weight is 753 g/mol. The van der Waals surface area contributed by atoms with Crippen molar-refractivity contribution in [1.29, 1.82) is 10.5 Å². The molecule has 0 amide bonds. The zero-order valence-corrected chi connectivity index (χ0v) is 33.4. The Bertz CT molecular complexity index is 2420. The maximum absolute atomic E-state index is 13.6. The van der Waals surface area contributed by atoms with Crippen LogP contribution < -0.4 is 11.1 Å². The van der Waals surface area contributed by atoms with E-state index in [9.17, 15) is 32.7 Å². The van der Waals surface area contributed by atoms with Gasteiger partial charge in [0.2, 0.25) is 9.84 Å². The van der Waals surface area contributed by atoms with Gasteiger partial charge >= 0.3 is 0 Å². The minimum Gasteiger partial charge on any atom is -0.326 e. The van der Waals surface area contributed by atoms with Crippen LogP contribution >= 0.6 is 0 Å². The molecule has 2 fully saturated rings. The number of nitrogens with one attached hydrogen (secondary N) is 2. The molecule has 2 aromatic carbocycles. The van der Waals surface area contributed by atoms with Crippen LogP contribution in [0.1, 0.15) is 121 Å². The zero-order valence-electron chi connectivity index (χ0n) is 31.8. The lowest BCUT2D eigenvalue weighted by atomic mass is 9.99. The van der Waals surface area contributed by atoms with E-state index >= 15 is 0 Å². The van der Waals surface area contributed by atoms with Gasteiger partial charge in [-0.2, -0.15) is 10.5 Å². The highest BCUT2D eigenvalue weighted by molar-refractivity contribution is 7.91. The van der Waals surface area contributed by atoms with Gasteiger partial charge in [-0.05, 0) is 149 Å². The Morgan fingerprint density at radius 3 is 1.70 bits per heavy atom. The first-order chi connectivity index (χ1) is 25.0. The minimum atomic E-state index is -3.93. The van der Waals surface area contributed by atoms with Crippen LogP contribution in [-0.4, -0.2) is 22.6 Å². The molecule has 2 heterocycles. The molecule has 53 heavy (non-hydrogen) atoms. The van der Waals surface area contributed by atoms with Crippen LogP contribution in [0.25, 0.3) is 0 Å². The molecule has 11 heteroatoms. The van der Waals surface area contributed by atoms with E-state index in [0.29, 0.717) is 67.1 Å². The summed E-state index contributed by atoms with van der Waals surface area (Å²) in [6, 6.07) is 14.0. The molecule has 2 aliphatic carbocycles. The minimum absolute atomic E-state index is 0.0310. The van der Waals surface area contributed by atoms with Crippen LogP contribution in [0.2, 0.25) is 0 Å². The highest BCUT2D eigenvalue weighted by Gasteiger charge is 2.33. The number of nitrogens with zero attached hydrogens (tertiary/aromatic N) is 2. The van der Waals surface area contributed by atoms with Gasteiger partial charge < -0.3 is 9.97 Å². The number of hydrogen-bond acceptors (Lipinski definition) is 7. The number of aryl methyl sites for hydroxylation is 4. The second kappa shape index (κ2) is 15.8. The van der Waals surface area contributed by atoms with E-state index in [1.807, 2.05) is 53.7 Å². The normalized spacial score (nSPS) is 14.7. The van der Waals surface area contributed by atoms with Gasteiger partial charge in [0, 0.05) is 27.4 Å². The molecular formula is C42H48N4O5S2. The Labute approximate surface area is 314 Å². The fourth-order valence-electron chi connectivity index (χ4n) is 6.90. The number of rotatable bonds is 10. The molecule has 0 radical (unpaired) electrons. The Morgan fingerprint density at radius 2 is 1.19 bits per heavy atom. The predicted molar refractivity (Wildman–Crippen MR) is 207 cm³/mol. The topological polar surface area (TPSA) is 165 Å². The van der Waals surface area contributed by atoms with E-state index in [0.717, 1.165) is 36.1 Å². The van der Waals surface area contributed by atoms with E-state index < -0.39 is 20.6 Å². The number of sulfone groups is 1. The van der Waals surface area contributed by atoms with Crippen molar-refractivity contribution in [3.05, 3.63) is 113 Å². The molecule has 2 aliphatic rings. The first-order valence-electron chi connectivity index (χ1n) is 18.2. The summed E-state index contributed by atoms with van der Waals surface area (Å²) in [6.45, 7) is 14.9. The third-order valence-corrected chi connectivity index (χ3v) is 13.3. The van der Waals surface area contributed by atoms with Crippen molar-refractivity contribution in [2.24, 2.45) is 11.8 Å². The van der Waals surface area contributed by atoms with Crippen molar-refractivity contribution < 1.29 is 12.6 Å². The molecule has 1 atom stereocenters. The largest absolute Gasteiger partial charge is 0.326 e. The number of aromatic amines is 2. The van der Waals surface area contributed by atoms with Crippen molar-refractivity contribution in [3.8, 4) is 12.1 Å². The van der Waals surface area contributed by atoms with Crippen molar-refractivity contribution in [2.75, 3.05) is 0 Å². The fourth-order valence-corrected chi connectivity index (χ4v) is 10.7. The SMILES string of the molecule is Cc1cc(C#N)cc(S(=O)(=O)c2c(CC3CC3)c(C)[nH]c(=O)c2C(C)C)c1.Cc1cc(C#N)cc(S(=O)c2c(CC3CC3)c(C)[nH]c(=O)c2C(C)C)c1. The monoisotopic (exact) mass is 752 g/mol. The first-order valence-corrected chi connectivity index (χ1v) is 20.8. The molecule has 9 nitrogen and oxygen atoms in total. The highest BCUT2D eigenvalue weighted by Crippen LogP contribution is 2.39. The zero-order chi connectivity index (χ0) is 38.9. The summed E-state index contributed by atoms with van der Waals surface area (Å²) >= 11 is 0. The van der Waals surface area contributed by atoms with Gasteiger partial charge in [0.05, 0.1) is 48.8 Å². The van der Waals surface area contributed by atoms with Crippen molar-refractivity contribution >= 4 is 20.6 Å². The Hall–Kier alpha value is -4.58. The highest BCUT2D eigenvalue weighted by atomic mass is 32.2. The van der Waals surface area contributed by atoms with E-state index in [1.54, 1.807) is 38.1 Å². The van der Waals surface area contributed by atoms with Crippen LogP contribution in [0.4, 0.5) is 0 Å². The summed E-state index contributed by atoms with van der Waals surface area (Å²) in [6.07, 6.45) is 6.03. The smallest absolute Gasteiger partial charge is 0.252 e. The summed E-state index contributed by atoms with van der Waals surface area (Å²) in [7, 11) is -5.43. The number of hydrogen-bond donors (Lipinski definition) is 2. The molecule has 0 spiro atoms. The number of benzene rings is 2. The first kappa shape index (κ1) is 39.6. The van der Waals surface area contributed by atoms with E-state index in [4.69, 9.17) is 0 Å². The molecule has 4 aromatic rings. The van der Waals surface area contributed by atoms with Gasteiger partial charge in [-0.1, -0.05) is 27.7 Å². The lowest BCUT2D eigenvalue weighted by Gasteiger charge is -2.19. The van der Waals surface area contributed by atoms with Gasteiger partial charge in [0.25, 0.3) is 11.1 Å². The Balaban J connectivity index is 0.000000204. The Kier molecular flexibility index (Phi) is 11.8. The van der Waals surface area contributed by atoms with Crippen molar-refractivity contribution in [1.82, 2.24) is 9.97 Å². The van der Waals surface area contributed by atoms with Gasteiger partial charge in [-0.15, -0.1) is 0 Å². The van der Waals surface area contributed by atoms with Crippen LogP contribution in [0, 0.1) is 62.2 Å². The summed E-state index contributed by atoms with van der Waals surface area (Å²) < 4.78 is 40.9. The van der Waals surface area contributed by atoms with Crippen molar-refractivity contribution in [3.63, 3.8) is 0 Å².